The van der Waals surface area contributed by atoms with Crippen LogP contribution in [0.1, 0.15) is 26.3 Å². The van der Waals surface area contributed by atoms with Crippen molar-refractivity contribution in [3.8, 4) is 0 Å². The van der Waals surface area contributed by atoms with E-state index in [9.17, 15) is 14.7 Å². The first-order valence-corrected chi connectivity index (χ1v) is 7.12. The molecule has 0 heterocycles. The molecule has 120 valence electrons. The molecule has 0 fully saturated rings. The van der Waals surface area contributed by atoms with Gasteiger partial charge in [0.15, 0.2) is 5.78 Å². The molecule has 0 spiro atoms. The number of Topliss-reactive ketones (excluding diaryl/α,β-unsaturated/α-hetero) is 1. The maximum atomic E-state index is 12.3. The van der Waals surface area contributed by atoms with Gasteiger partial charge in [-0.1, -0.05) is 24.3 Å². The molecule has 1 aliphatic rings. The predicted molar refractivity (Wildman–Crippen MR) is 90.7 cm³/mol. The highest BCUT2D eigenvalue weighted by molar-refractivity contribution is 6.30. The quantitative estimate of drug-likeness (QED) is 0.514. The standard InChI is InChI=1S/C18H14N2O4/c1-24-18(23)10-6-7-14(19)15(8-10)20-9-13-16(21)11-4-2-3-5-12(11)17(13)22/h2-9,21H,19H2,1H3. The van der Waals surface area contributed by atoms with Gasteiger partial charge in [-0.15, -0.1) is 0 Å². The lowest BCUT2D eigenvalue weighted by atomic mass is 10.1. The van der Waals surface area contributed by atoms with Crippen molar-refractivity contribution < 1.29 is 19.4 Å². The fourth-order valence-electron chi connectivity index (χ4n) is 2.44. The van der Waals surface area contributed by atoms with Gasteiger partial charge in [-0.3, -0.25) is 9.79 Å². The van der Waals surface area contributed by atoms with Gasteiger partial charge in [0.1, 0.15) is 5.76 Å². The number of esters is 1. The highest BCUT2D eigenvalue weighted by atomic mass is 16.5. The Hall–Kier alpha value is -3.41. The van der Waals surface area contributed by atoms with Crippen molar-refractivity contribution in [2.24, 2.45) is 4.99 Å². The largest absolute Gasteiger partial charge is 0.506 e. The van der Waals surface area contributed by atoms with Gasteiger partial charge in [-0.2, -0.15) is 0 Å². The number of aliphatic imine (C=N–C) groups is 1. The Morgan fingerprint density at radius 3 is 2.58 bits per heavy atom. The monoisotopic (exact) mass is 322 g/mol. The molecule has 1 aliphatic carbocycles. The van der Waals surface area contributed by atoms with Crippen molar-refractivity contribution in [2.75, 3.05) is 12.8 Å². The van der Waals surface area contributed by atoms with Gasteiger partial charge in [0.2, 0.25) is 0 Å². The number of anilines is 1. The Labute approximate surface area is 137 Å². The lowest BCUT2D eigenvalue weighted by Crippen LogP contribution is -2.02. The van der Waals surface area contributed by atoms with E-state index in [2.05, 4.69) is 9.73 Å². The van der Waals surface area contributed by atoms with Crippen molar-refractivity contribution >= 4 is 35.1 Å². The normalized spacial score (nSPS) is 13.5. The molecule has 3 N–H and O–H groups in total. The minimum absolute atomic E-state index is 0.0825. The molecule has 0 unspecified atom stereocenters. The van der Waals surface area contributed by atoms with Crippen LogP contribution >= 0.6 is 0 Å². The van der Waals surface area contributed by atoms with Crippen LogP contribution in [0.5, 0.6) is 0 Å². The second kappa shape index (κ2) is 6.00. The van der Waals surface area contributed by atoms with E-state index in [1.54, 1.807) is 24.3 Å². The molecular formula is C18H14N2O4. The molecule has 2 aromatic carbocycles. The van der Waals surface area contributed by atoms with E-state index in [0.29, 0.717) is 22.5 Å². The molecule has 24 heavy (non-hydrogen) atoms. The second-order valence-electron chi connectivity index (χ2n) is 5.16. The molecule has 0 aliphatic heterocycles. The number of carbonyl (C=O) groups is 2. The zero-order valence-corrected chi connectivity index (χ0v) is 12.8. The van der Waals surface area contributed by atoms with E-state index in [-0.39, 0.29) is 22.7 Å². The average molecular weight is 322 g/mol. The maximum absolute atomic E-state index is 12.3. The van der Waals surface area contributed by atoms with Crippen LogP contribution in [0.25, 0.3) is 5.76 Å². The summed E-state index contributed by atoms with van der Waals surface area (Å²) in [4.78, 5) is 28.0. The van der Waals surface area contributed by atoms with Gasteiger partial charge < -0.3 is 15.6 Å². The summed E-state index contributed by atoms with van der Waals surface area (Å²) in [5.41, 5.74) is 7.75. The number of ketones is 1. The number of rotatable bonds is 3. The van der Waals surface area contributed by atoms with Gasteiger partial charge in [-0.05, 0) is 18.2 Å². The molecule has 0 bridgehead atoms. The Kier molecular flexibility index (Phi) is 3.87. The lowest BCUT2D eigenvalue weighted by molar-refractivity contribution is 0.0600. The zero-order valence-electron chi connectivity index (χ0n) is 12.8. The molecule has 0 saturated heterocycles. The number of carbonyl (C=O) groups excluding carboxylic acids is 2. The van der Waals surface area contributed by atoms with Gasteiger partial charge in [0.25, 0.3) is 0 Å². The highest BCUT2D eigenvalue weighted by Crippen LogP contribution is 2.31. The number of allylic oxidation sites excluding steroid dienone is 1. The Morgan fingerprint density at radius 2 is 1.92 bits per heavy atom. The Bertz CT molecular complexity index is 913. The van der Waals surface area contributed by atoms with Crippen molar-refractivity contribution in [2.45, 2.75) is 0 Å². The average Bonchev–Trinajstić information content (AvgIpc) is 2.85. The first kappa shape index (κ1) is 15.5. The molecule has 0 atom stereocenters. The molecule has 0 aromatic heterocycles. The zero-order chi connectivity index (χ0) is 17.3. The third-order valence-corrected chi connectivity index (χ3v) is 3.71. The number of benzene rings is 2. The molecule has 0 saturated carbocycles. The van der Waals surface area contributed by atoms with Crippen LogP contribution < -0.4 is 5.73 Å². The Balaban J connectivity index is 1.97. The predicted octanol–water partition coefficient (Wildman–Crippen LogP) is 2.92. The molecule has 2 aromatic rings. The lowest BCUT2D eigenvalue weighted by Gasteiger charge is -2.03. The summed E-state index contributed by atoms with van der Waals surface area (Å²) in [5.74, 6) is -0.950. The summed E-state index contributed by atoms with van der Waals surface area (Å²) in [6.45, 7) is 0. The molecular weight excluding hydrogens is 308 g/mol. The number of nitrogens with two attached hydrogens (primary N) is 1. The van der Waals surface area contributed by atoms with Crippen molar-refractivity contribution in [1.29, 1.82) is 0 Å². The van der Waals surface area contributed by atoms with Crippen LogP contribution in [0.15, 0.2) is 53.0 Å². The van der Waals surface area contributed by atoms with Crippen LogP contribution in [0.3, 0.4) is 0 Å². The van der Waals surface area contributed by atoms with Gasteiger partial charge >= 0.3 is 5.97 Å². The molecule has 6 nitrogen and oxygen atoms in total. The van der Waals surface area contributed by atoms with Crippen molar-refractivity contribution in [3.05, 3.63) is 64.7 Å². The summed E-state index contributed by atoms with van der Waals surface area (Å²) in [7, 11) is 1.28. The minimum Gasteiger partial charge on any atom is -0.506 e. The van der Waals surface area contributed by atoms with E-state index >= 15 is 0 Å². The number of methoxy groups -OCH3 is 1. The summed E-state index contributed by atoms with van der Waals surface area (Å²) < 4.78 is 4.65. The van der Waals surface area contributed by atoms with Crippen LogP contribution in [0.2, 0.25) is 0 Å². The van der Waals surface area contributed by atoms with E-state index in [4.69, 9.17) is 5.73 Å². The summed E-state index contributed by atoms with van der Waals surface area (Å²) in [6.07, 6.45) is 1.25. The van der Waals surface area contributed by atoms with Crippen molar-refractivity contribution in [3.63, 3.8) is 0 Å². The number of aliphatic hydroxyl groups excluding tert-OH is 1. The minimum atomic E-state index is -0.516. The van der Waals surface area contributed by atoms with Gasteiger partial charge in [0, 0.05) is 17.3 Å². The summed E-state index contributed by atoms with van der Waals surface area (Å²) in [5, 5.41) is 10.2. The number of hydrogen-bond acceptors (Lipinski definition) is 6. The number of fused-ring (bicyclic) bond motifs is 1. The maximum Gasteiger partial charge on any atom is 0.337 e. The van der Waals surface area contributed by atoms with Crippen LogP contribution in [0.4, 0.5) is 11.4 Å². The Morgan fingerprint density at radius 1 is 1.21 bits per heavy atom. The molecule has 0 amide bonds. The number of hydrogen-bond donors (Lipinski definition) is 2. The third kappa shape index (κ3) is 2.54. The van der Waals surface area contributed by atoms with E-state index in [0.717, 1.165) is 0 Å². The molecule has 3 rings (SSSR count). The van der Waals surface area contributed by atoms with Crippen molar-refractivity contribution in [1.82, 2.24) is 0 Å². The topological polar surface area (TPSA) is 102 Å². The smallest absolute Gasteiger partial charge is 0.337 e. The third-order valence-electron chi connectivity index (χ3n) is 3.71. The highest BCUT2D eigenvalue weighted by Gasteiger charge is 2.28. The molecule has 0 radical (unpaired) electrons. The fourth-order valence-corrected chi connectivity index (χ4v) is 2.44. The number of ether oxygens (including phenoxy) is 1. The number of nitrogen functional groups attached to an aromatic ring is 1. The second-order valence-corrected chi connectivity index (χ2v) is 5.16. The van der Waals surface area contributed by atoms with Crippen LogP contribution in [-0.4, -0.2) is 30.2 Å². The van der Waals surface area contributed by atoms with E-state index in [1.807, 2.05) is 0 Å². The first-order chi connectivity index (χ1) is 11.5. The summed E-state index contributed by atoms with van der Waals surface area (Å²) in [6, 6.07) is 11.3. The molecule has 6 heteroatoms. The van der Waals surface area contributed by atoms with Crippen LogP contribution in [-0.2, 0) is 4.74 Å². The SMILES string of the molecule is COC(=O)c1ccc(N)c(N=CC2=C(O)c3ccccc3C2=O)c1. The van der Waals surface area contributed by atoms with Gasteiger partial charge in [0.05, 0.1) is 29.6 Å². The number of aliphatic hydroxyl groups is 1. The van der Waals surface area contributed by atoms with Gasteiger partial charge in [-0.25, -0.2) is 4.79 Å². The van der Waals surface area contributed by atoms with E-state index < -0.39 is 5.97 Å². The van der Waals surface area contributed by atoms with E-state index in [1.165, 1.54) is 31.5 Å². The van der Waals surface area contributed by atoms with Crippen LogP contribution in [0, 0.1) is 0 Å². The summed E-state index contributed by atoms with van der Waals surface area (Å²) >= 11 is 0. The first-order valence-electron chi connectivity index (χ1n) is 7.12. The fraction of sp³-hybridized carbons (Fsp3) is 0.0556. The number of nitrogens with zero attached hydrogens (tertiary/aromatic N) is 1.